The van der Waals surface area contributed by atoms with Gasteiger partial charge < -0.3 is 4.90 Å². The first kappa shape index (κ1) is 13.1. The molecule has 102 valence electrons. The molecule has 0 bridgehead atoms. The van der Waals surface area contributed by atoms with Gasteiger partial charge in [-0.25, -0.2) is 4.98 Å². The van der Waals surface area contributed by atoms with Gasteiger partial charge in [-0.05, 0) is 60.4 Å². The Balaban J connectivity index is 1.67. The lowest BCUT2D eigenvalue weighted by Crippen LogP contribution is -2.37. The van der Waals surface area contributed by atoms with Gasteiger partial charge in [-0.3, -0.25) is 9.69 Å². The lowest BCUT2D eigenvalue weighted by Gasteiger charge is -2.23. The first-order valence-electron chi connectivity index (χ1n) is 6.89. The van der Waals surface area contributed by atoms with Crippen LogP contribution in [0.4, 0.5) is 0 Å². The van der Waals surface area contributed by atoms with Crippen molar-refractivity contribution in [1.29, 1.82) is 0 Å². The van der Waals surface area contributed by atoms with Crippen LogP contribution in [0, 0.1) is 0 Å². The van der Waals surface area contributed by atoms with E-state index in [1.807, 2.05) is 17.0 Å². The molecule has 1 unspecified atom stereocenters. The fraction of sp³-hybridized carbons (Fsp3) is 0.571. The van der Waals surface area contributed by atoms with Crippen molar-refractivity contribution in [3.8, 4) is 0 Å². The number of amides is 1. The summed E-state index contributed by atoms with van der Waals surface area (Å²) in [6.07, 6.45) is 5.37. The Labute approximate surface area is 121 Å². The van der Waals surface area contributed by atoms with Gasteiger partial charge in [0.2, 0.25) is 0 Å². The Hall–Kier alpha value is -0.940. The van der Waals surface area contributed by atoms with Gasteiger partial charge in [-0.1, -0.05) is 0 Å². The van der Waals surface area contributed by atoms with Gasteiger partial charge in [0.15, 0.2) is 0 Å². The molecule has 2 aliphatic rings. The third-order valence-electron chi connectivity index (χ3n) is 4.07. The summed E-state index contributed by atoms with van der Waals surface area (Å²) in [7, 11) is 0. The van der Waals surface area contributed by atoms with Crippen molar-refractivity contribution in [3.63, 3.8) is 0 Å². The number of hydrogen-bond acceptors (Lipinski definition) is 3. The van der Waals surface area contributed by atoms with Gasteiger partial charge in [-0.2, -0.15) is 0 Å². The summed E-state index contributed by atoms with van der Waals surface area (Å²) >= 11 is 3.40. The molecular weight excluding hydrogens is 306 g/mol. The van der Waals surface area contributed by atoms with Gasteiger partial charge in [0.1, 0.15) is 5.69 Å². The Morgan fingerprint density at radius 2 is 2.11 bits per heavy atom. The summed E-state index contributed by atoms with van der Waals surface area (Å²) in [4.78, 5) is 21.1. The highest BCUT2D eigenvalue weighted by molar-refractivity contribution is 9.10. The van der Waals surface area contributed by atoms with Crippen LogP contribution in [-0.2, 0) is 0 Å². The number of carbonyl (C=O) groups excluding carboxylic acids is 1. The lowest BCUT2D eigenvalue weighted by atomic mass is 10.2. The Morgan fingerprint density at radius 3 is 2.84 bits per heavy atom. The summed E-state index contributed by atoms with van der Waals surface area (Å²) in [6.45, 7) is 4.09. The largest absolute Gasteiger partial charge is 0.336 e. The van der Waals surface area contributed by atoms with Crippen LogP contribution in [0.5, 0.6) is 0 Å². The summed E-state index contributed by atoms with van der Waals surface area (Å²) < 4.78 is 0.782. The molecule has 2 fully saturated rings. The topological polar surface area (TPSA) is 36.4 Å². The second-order valence-electron chi connectivity index (χ2n) is 5.27. The predicted molar refractivity (Wildman–Crippen MR) is 77.1 cm³/mol. The maximum Gasteiger partial charge on any atom is 0.273 e. The Bertz CT molecular complexity index is 474. The van der Waals surface area contributed by atoms with E-state index in [1.54, 1.807) is 6.20 Å². The fourth-order valence-corrected chi connectivity index (χ4v) is 3.45. The number of carbonyl (C=O) groups is 1. The molecule has 0 saturated carbocycles. The van der Waals surface area contributed by atoms with Crippen molar-refractivity contribution in [2.45, 2.75) is 25.3 Å². The third kappa shape index (κ3) is 2.67. The van der Waals surface area contributed by atoms with Crippen LogP contribution >= 0.6 is 15.9 Å². The van der Waals surface area contributed by atoms with Crippen LogP contribution in [0.1, 0.15) is 29.8 Å². The third-order valence-corrected chi connectivity index (χ3v) is 4.71. The zero-order valence-corrected chi connectivity index (χ0v) is 12.5. The van der Waals surface area contributed by atoms with E-state index in [-0.39, 0.29) is 5.91 Å². The summed E-state index contributed by atoms with van der Waals surface area (Å²) in [6, 6.07) is 4.25. The van der Waals surface area contributed by atoms with Crippen LogP contribution in [0.3, 0.4) is 0 Å². The average Bonchev–Trinajstić information content (AvgIpc) is 3.09. The van der Waals surface area contributed by atoms with Crippen molar-refractivity contribution >= 4 is 21.8 Å². The minimum atomic E-state index is 0.0502. The molecule has 0 radical (unpaired) electrons. The van der Waals surface area contributed by atoms with Crippen molar-refractivity contribution in [2.75, 3.05) is 26.2 Å². The van der Waals surface area contributed by atoms with Crippen LogP contribution in [-0.4, -0.2) is 52.9 Å². The summed E-state index contributed by atoms with van der Waals surface area (Å²) in [5, 5.41) is 0. The molecule has 0 spiro atoms. The smallest absolute Gasteiger partial charge is 0.273 e. The summed E-state index contributed by atoms with van der Waals surface area (Å²) in [5.41, 5.74) is 0.532. The van der Waals surface area contributed by atoms with Gasteiger partial charge in [0.05, 0.1) is 0 Å². The second kappa shape index (κ2) is 5.59. The van der Waals surface area contributed by atoms with E-state index in [2.05, 4.69) is 25.8 Å². The molecule has 0 aliphatic carbocycles. The van der Waals surface area contributed by atoms with Crippen LogP contribution in [0.25, 0.3) is 0 Å². The highest BCUT2D eigenvalue weighted by atomic mass is 79.9. The molecule has 3 rings (SSSR count). The monoisotopic (exact) mass is 323 g/mol. The fourth-order valence-electron chi connectivity index (χ4n) is 3.02. The minimum Gasteiger partial charge on any atom is -0.336 e. The van der Waals surface area contributed by atoms with Crippen molar-refractivity contribution in [1.82, 2.24) is 14.8 Å². The molecule has 19 heavy (non-hydrogen) atoms. The molecule has 2 saturated heterocycles. The number of likely N-dealkylation sites (tertiary alicyclic amines) is 2. The van der Waals surface area contributed by atoms with E-state index in [4.69, 9.17) is 0 Å². The van der Waals surface area contributed by atoms with Gasteiger partial charge >= 0.3 is 0 Å². The Kier molecular flexibility index (Phi) is 3.84. The van der Waals surface area contributed by atoms with Gasteiger partial charge in [0.25, 0.3) is 5.91 Å². The molecule has 1 amide bonds. The number of hydrogen-bond donors (Lipinski definition) is 0. The molecule has 5 heteroatoms. The van der Waals surface area contributed by atoms with Crippen LogP contribution in [0.15, 0.2) is 22.8 Å². The zero-order valence-electron chi connectivity index (χ0n) is 10.9. The predicted octanol–water partition coefficient (Wildman–Crippen LogP) is 2.15. The molecule has 3 heterocycles. The highest BCUT2D eigenvalue weighted by Crippen LogP contribution is 2.23. The number of pyridine rings is 1. The first-order valence-corrected chi connectivity index (χ1v) is 7.69. The highest BCUT2D eigenvalue weighted by Gasteiger charge is 2.32. The molecule has 1 atom stereocenters. The quantitative estimate of drug-likeness (QED) is 0.836. The Morgan fingerprint density at radius 1 is 1.32 bits per heavy atom. The lowest BCUT2D eigenvalue weighted by molar-refractivity contribution is 0.0773. The molecule has 0 N–H and O–H groups in total. The van der Waals surface area contributed by atoms with Crippen LogP contribution in [0.2, 0.25) is 0 Å². The number of rotatable bonds is 2. The van der Waals surface area contributed by atoms with Gasteiger partial charge in [-0.15, -0.1) is 0 Å². The zero-order chi connectivity index (χ0) is 13.2. The summed E-state index contributed by atoms with van der Waals surface area (Å²) in [5.74, 6) is 0.0502. The number of aromatic nitrogens is 1. The SMILES string of the molecule is O=C(c1ncccc1Br)N1CCC(N2CCCC2)C1. The van der Waals surface area contributed by atoms with E-state index >= 15 is 0 Å². The number of halogens is 1. The van der Waals surface area contributed by atoms with E-state index < -0.39 is 0 Å². The van der Waals surface area contributed by atoms with Crippen molar-refractivity contribution in [3.05, 3.63) is 28.5 Å². The second-order valence-corrected chi connectivity index (χ2v) is 6.12. The van der Waals surface area contributed by atoms with Crippen molar-refractivity contribution in [2.24, 2.45) is 0 Å². The van der Waals surface area contributed by atoms with E-state index in [9.17, 15) is 4.79 Å². The maximum atomic E-state index is 12.4. The van der Waals surface area contributed by atoms with E-state index in [0.29, 0.717) is 11.7 Å². The van der Waals surface area contributed by atoms with Gasteiger partial charge in [0, 0.05) is 29.8 Å². The standard InChI is InChI=1S/C14H18BrN3O/c15-12-4-3-6-16-13(12)14(19)18-9-5-11(10-18)17-7-1-2-8-17/h3-4,6,11H,1-2,5,7-10H2. The average molecular weight is 324 g/mol. The molecule has 2 aliphatic heterocycles. The maximum absolute atomic E-state index is 12.4. The van der Waals surface area contributed by atoms with E-state index in [0.717, 1.165) is 24.0 Å². The normalized spacial score (nSPS) is 24.1. The molecule has 0 aromatic carbocycles. The molecule has 4 nitrogen and oxygen atoms in total. The molecular formula is C14H18BrN3O. The minimum absolute atomic E-state index is 0.0502. The van der Waals surface area contributed by atoms with Crippen LogP contribution < -0.4 is 0 Å². The number of nitrogens with zero attached hydrogens (tertiary/aromatic N) is 3. The van der Waals surface area contributed by atoms with Crippen molar-refractivity contribution < 1.29 is 4.79 Å². The van der Waals surface area contributed by atoms with E-state index in [1.165, 1.54) is 25.9 Å². The first-order chi connectivity index (χ1) is 9.25. The molecule has 1 aromatic rings. The molecule has 1 aromatic heterocycles.